The molecule has 1 aromatic heterocycles. The van der Waals surface area contributed by atoms with E-state index in [9.17, 15) is 8.42 Å². The van der Waals surface area contributed by atoms with Crippen molar-refractivity contribution in [2.45, 2.75) is 11.3 Å². The Kier molecular flexibility index (Phi) is 5.68. The minimum atomic E-state index is -3.49. The third-order valence-corrected chi connectivity index (χ3v) is 4.12. The zero-order valence-corrected chi connectivity index (χ0v) is 11.9. The molecule has 1 aromatic carbocycles. The monoisotopic (exact) mass is 301 g/mol. The lowest BCUT2D eigenvalue weighted by molar-refractivity contribution is 0.580. The Morgan fingerprint density at radius 3 is 2.79 bits per heavy atom. The van der Waals surface area contributed by atoms with Crippen molar-refractivity contribution in [3.05, 3.63) is 36.7 Å². The highest BCUT2D eigenvalue weighted by Gasteiger charge is 2.16. The fourth-order valence-corrected chi connectivity index (χ4v) is 3.02. The summed E-state index contributed by atoms with van der Waals surface area (Å²) in [6.07, 6.45) is 3.85. The summed E-state index contributed by atoms with van der Waals surface area (Å²) in [7, 11) is -3.49. The molecule has 0 saturated heterocycles. The van der Waals surface area contributed by atoms with Crippen LogP contribution in [0.25, 0.3) is 10.8 Å². The average molecular weight is 302 g/mol. The Bertz CT molecular complexity index is 641. The van der Waals surface area contributed by atoms with Crippen molar-refractivity contribution < 1.29 is 8.42 Å². The van der Waals surface area contributed by atoms with E-state index in [0.29, 0.717) is 24.9 Å². The van der Waals surface area contributed by atoms with Crippen molar-refractivity contribution in [3.63, 3.8) is 0 Å². The molecule has 2 aromatic rings. The number of nitrogens with two attached hydrogens (primary N) is 1. The number of sulfonamides is 1. The number of hydrogen-bond acceptors (Lipinski definition) is 4. The first-order chi connectivity index (χ1) is 8.65. The predicted octanol–water partition coefficient (Wildman–Crippen LogP) is 1.28. The molecular weight excluding hydrogens is 286 g/mol. The Labute approximate surface area is 118 Å². The lowest BCUT2D eigenvalue weighted by atomic mass is 10.2. The van der Waals surface area contributed by atoms with Gasteiger partial charge in [-0.25, -0.2) is 13.1 Å². The number of nitrogens with one attached hydrogen (secondary N) is 1. The van der Waals surface area contributed by atoms with Crippen LogP contribution in [0.1, 0.15) is 6.42 Å². The van der Waals surface area contributed by atoms with Crippen molar-refractivity contribution in [1.29, 1.82) is 0 Å². The quantitative estimate of drug-likeness (QED) is 0.815. The summed E-state index contributed by atoms with van der Waals surface area (Å²) >= 11 is 0. The second-order valence-electron chi connectivity index (χ2n) is 3.89. The highest BCUT2D eigenvalue weighted by molar-refractivity contribution is 7.89. The number of nitrogens with zero attached hydrogens (tertiary/aromatic N) is 1. The molecule has 0 fully saturated rings. The summed E-state index contributed by atoms with van der Waals surface area (Å²) in [5.41, 5.74) is 5.34. The van der Waals surface area contributed by atoms with Gasteiger partial charge < -0.3 is 5.73 Å². The fraction of sp³-hybridized carbons (Fsp3) is 0.250. The first-order valence-electron chi connectivity index (χ1n) is 5.67. The molecule has 0 aliphatic heterocycles. The molecule has 0 unspecified atom stereocenters. The Morgan fingerprint density at radius 1 is 1.26 bits per heavy atom. The number of hydrogen-bond donors (Lipinski definition) is 2. The van der Waals surface area contributed by atoms with E-state index in [1.807, 2.05) is 6.07 Å². The number of fused-ring (bicyclic) bond motifs is 1. The molecule has 7 heteroatoms. The normalized spacial score (nSPS) is 11.2. The molecule has 0 bridgehead atoms. The maximum absolute atomic E-state index is 12.1. The first kappa shape index (κ1) is 15.8. The van der Waals surface area contributed by atoms with Crippen LogP contribution in [0, 0.1) is 0 Å². The van der Waals surface area contributed by atoms with Gasteiger partial charge >= 0.3 is 0 Å². The zero-order chi connectivity index (χ0) is 13.0. The molecule has 0 spiro atoms. The third kappa shape index (κ3) is 3.63. The maximum atomic E-state index is 12.1. The summed E-state index contributed by atoms with van der Waals surface area (Å²) in [4.78, 5) is 4.26. The molecule has 5 nitrogen and oxygen atoms in total. The van der Waals surface area contributed by atoms with Crippen LogP contribution >= 0.6 is 12.4 Å². The first-order valence-corrected chi connectivity index (χ1v) is 7.16. The molecule has 0 atom stereocenters. The van der Waals surface area contributed by atoms with Gasteiger partial charge in [-0.1, -0.05) is 12.1 Å². The molecular formula is C12H16ClN3O2S. The Hall–Kier alpha value is -1.21. The molecule has 0 amide bonds. The van der Waals surface area contributed by atoms with Crippen LogP contribution in [-0.2, 0) is 10.0 Å². The lowest BCUT2D eigenvalue weighted by Crippen LogP contribution is -2.26. The number of rotatable bonds is 5. The van der Waals surface area contributed by atoms with Crippen molar-refractivity contribution in [2.75, 3.05) is 13.1 Å². The molecule has 0 radical (unpaired) electrons. The van der Waals surface area contributed by atoms with Gasteiger partial charge in [0.1, 0.15) is 0 Å². The lowest BCUT2D eigenvalue weighted by Gasteiger charge is -2.08. The van der Waals surface area contributed by atoms with Crippen LogP contribution in [0.2, 0.25) is 0 Å². The van der Waals surface area contributed by atoms with Gasteiger partial charge in [0, 0.05) is 29.7 Å². The number of halogens is 1. The molecule has 2 rings (SSSR count). The van der Waals surface area contributed by atoms with Crippen LogP contribution in [-0.4, -0.2) is 26.5 Å². The van der Waals surface area contributed by atoms with E-state index in [4.69, 9.17) is 5.73 Å². The van der Waals surface area contributed by atoms with Crippen molar-refractivity contribution >= 4 is 33.2 Å². The average Bonchev–Trinajstić information content (AvgIpc) is 2.38. The Balaban J connectivity index is 0.00000180. The van der Waals surface area contributed by atoms with Crippen molar-refractivity contribution in [1.82, 2.24) is 9.71 Å². The van der Waals surface area contributed by atoms with E-state index >= 15 is 0 Å². The topological polar surface area (TPSA) is 85.1 Å². The molecule has 104 valence electrons. The van der Waals surface area contributed by atoms with Crippen molar-refractivity contribution in [2.24, 2.45) is 5.73 Å². The van der Waals surface area contributed by atoms with E-state index in [0.717, 1.165) is 5.39 Å². The summed E-state index contributed by atoms with van der Waals surface area (Å²) in [5, 5.41) is 1.48. The van der Waals surface area contributed by atoms with Crippen LogP contribution < -0.4 is 10.5 Å². The minimum Gasteiger partial charge on any atom is -0.330 e. The smallest absolute Gasteiger partial charge is 0.241 e. The second kappa shape index (κ2) is 6.81. The highest BCUT2D eigenvalue weighted by atomic mass is 35.5. The zero-order valence-electron chi connectivity index (χ0n) is 10.2. The van der Waals surface area contributed by atoms with Crippen LogP contribution in [0.4, 0.5) is 0 Å². The fourth-order valence-electron chi connectivity index (χ4n) is 1.71. The molecule has 3 N–H and O–H groups in total. The van der Waals surface area contributed by atoms with E-state index in [1.54, 1.807) is 30.6 Å². The van der Waals surface area contributed by atoms with Crippen LogP contribution in [0.3, 0.4) is 0 Å². The maximum Gasteiger partial charge on any atom is 0.241 e. The van der Waals surface area contributed by atoms with Gasteiger partial charge in [0.05, 0.1) is 4.90 Å². The van der Waals surface area contributed by atoms with E-state index in [2.05, 4.69) is 9.71 Å². The van der Waals surface area contributed by atoms with Gasteiger partial charge in [-0.3, -0.25) is 4.98 Å². The van der Waals surface area contributed by atoms with Crippen molar-refractivity contribution in [3.8, 4) is 0 Å². The Morgan fingerprint density at radius 2 is 2.05 bits per heavy atom. The summed E-state index contributed by atoms with van der Waals surface area (Å²) in [6, 6.07) is 6.84. The van der Waals surface area contributed by atoms with Gasteiger partial charge in [0.2, 0.25) is 10.0 Å². The van der Waals surface area contributed by atoms with Crippen LogP contribution in [0.15, 0.2) is 41.6 Å². The van der Waals surface area contributed by atoms with Gasteiger partial charge in [-0.05, 0) is 25.1 Å². The highest BCUT2D eigenvalue weighted by Crippen LogP contribution is 2.21. The number of aromatic nitrogens is 1. The standard InChI is InChI=1S/C12H15N3O2S.ClH/c13-6-2-7-15-18(16,17)12-4-1-3-10-9-14-8-5-11(10)12;/h1,3-5,8-9,15H,2,6-7,13H2;1H. The molecule has 0 aliphatic carbocycles. The summed E-state index contributed by atoms with van der Waals surface area (Å²) in [6.45, 7) is 0.808. The van der Waals surface area contributed by atoms with Gasteiger partial charge in [-0.2, -0.15) is 0 Å². The largest absolute Gasteiger partial charge is 0.330 e. The molecule has 1 heterocycles. The third-order valence-electron chi connectivity index (χ3n) is 2.60. The molecule has 0 aliphatic rings. The SMILES string of the molecule is Cl.NCCCNS(=O)(=O)c1cccc2cnccc12. The molecule has 19 heavy (non-hydrogen) atoms. The van der Waals surface area contributed by atoms with Crippen LogP contribution in [0.5, 0.6) is 0 Å². The molecule has 0 saturated carbocycles. The minimum absolute atomic E-state index is 0. The summed E-state index contributed by atoms with van der Waals surface area (Å²) in [5.74, 6) is 0. The van der Waals surface area contributed by atoms with Gasteiger partial charge in [0.25, 0.3) is 0 Å². The van der Waals surface area contributed by atoms with Gasteiger partial charge in [0.15, 0.2) is 0 Å². The summed E-state index contributed by atoms with van der Waals surface area (Å²) < 4.78 is 26.8. The van der Waals surface area contributed by atoms with E-state index in [1.165, 1.54) is 0 Å². The van der Waals surface area contributed by atoms with E-state index in [-0.39, 0.29) is 17.3 Å². The second-order valence-corrected chi connectivity index (χ2v) is 5.63. The van der Waals surface area contributed by atoms with E-state index < -0.39 is 10.0 Å². The number of benzene rings is 1. The number of pyridine rings is 1. The predicted molar refractivity (Wildman–Crippen MR) is 77.9 cm³/mol. The van der Waals surface area contributed by atoms with Gasteiger partial charge in [-0.15, -0.1) is 12.4 Å².